The average molecular weight is 433 g/mol. The Balaban J connectivity index is 1.62. The van der Waals surface area contributed by atoms with Crippen molar-refractivity contribution in [1.29, 1.82) is 0 Å². The van der Waals surface area contributed by atoms with Crippen molar-refractivity contribution < 1.29 is 4.39 Å². The summed E-state index contributed by atoms with van der Waals surface area (Å²) in [6.07, 6.45) is 2.14. The smallest absolute Gasteiger partial charge is 0.253 e. The van der Waals surface area contributed by atoms with Crippen molar-refractivity contribution in [3.05, 3.63) is 86.7 Å². The van der Waals surface area contributed by atoms with Crippen molar-refractivity contribution in [2.75, 3.05) is 13.1 Å². The quantitative estimate of drug-likeness (QED) is 0.522. The van der Waals surface area contributed by atoms with Gasteiger partial charge in [0.1, 0.15) is 11.9 Å². The van der Waals surface area contributed by atoms with Crippen LogP contribution >= 0.6 is 0 Å². The molecule has 0 spiro atoms. The Labute approximate surface area is 184 Å². The number of aromatic nitrogens is 5. The van der Waals surface area contributed by atoms with E-state index in [1.54, 1.807) is 16.8 Å². The van der Waals surface area contributed by atoms with Gasteiger partial charge in [-0.25, -0.2) is 9.07 Å². The molecule has 0 saturated carbocycles. The molecule has 3 heterocycles. The third kappa shape index (κ3) is 3.82. The van der Waals surface area contributed by atoms with Gasteiger partial charge in [-0.3, -0.25) is 9.69 Å². The molecule has 1 fully saturated rings. The second-order valence-corrected chi connectivity index (χ2v) is 8.57. The molecule has 0 radical (unpaired) electrons. The van der Waals surface area contributed by atoms with Crippen LogP contribution in [0.5, 0.6) is 0 Å². The van der Waals surface area contributed by atoms with Crippen LogP contribution in [0.25, 0.3) is 10.9 Å². The summed E-state index contributed by atoms with van der Waals surface area (Å²) in [5.41, 5.74) is 4.45. The van der Waals surface area contributed by atoms with E-state index in [1.807, 2.05) is 13.0 Å². The standard InChI is InChI=1S/C24H25FN6O/c1-15-11-16(2)21-18(12-15)13-20(24(32)26-21)22(30-9-3-4-10-30)23-27-28-29-31(23)14-17-5-7-19(25)8-6-17/h5-8,11-13,22H,3-4,9-10,14H2,1-2H3,(H,26,32)/t22-/m1/s1. The molecule has 32 heavy (non-hydrogen) atoms. The summed E-state index contributed by atoms with van der Waals surface area (Å²) >= 11 is 0. The molecule has 5 rings (SSSR count). The molecule has 2 aromatic carbocycles. The van der Waals surface area contributed by atoms with Crippen LogP contribution in [0, 0.1) is 19.7 Å². The van der Waals surface area contributed by atoms with Crippen LogP contribution in [-0.4, -0.2) is 43.2 Å². The Kier molecular flexibility index (Phi) is 5.30. The molecule has 1 aliphatic heterocycles. The first-order chi connectivity index (χ1) is 15.5. The maximum atomic E-state index is 13.3. The predicted octanol–water partition coefficient (Wildman–Crippen LogP) is 3.50. The first-order valence-corrected chi connectivity index (χ1v) is 10.9. The minimum Gasteiger partial charge on any atom is -0.321 e. The molecule has 8 heteroatoms. The molecule has 2 aromatic heterocycles. The fourth-order valence-corrected chi connectivity index (χ4v) is 4.69. The number of hydrogen-bond donors (Lipinski definition) is 1. The van der Waals surface area contributed by atoms with Crippen LogP contribution in [0.1, 0.15) is 47.0 Å². The zero-order valence-corrected chi connectivity index (χ0v) is 18.2. The number of rotatable bonds is 5. The number of tetrazole rings is 1. The number of nitrogens with zero attached hydrogens (tertiary/aromatic N) is 5. The molecule has 1 saturated heterocycles. The Bertz CT molecular complexity index is 1320. The number of pyridine rings is 1. The van der Waals surface area contributed by atoms with E-state index in [1.165, 1.54) is 12.1 Å². The van der Waals surface area contributed by atoms with Gasteiger partial charge in [-0.05, 0) is 91.0 Å². The summed E-state index contributed by atoms with van der Waals surface area (Å²) in [7, 11) is 0. The number of halogens is 1. The minimum absolute atomic E-state index is 0.127. The van der Waals surface area contributed by atoms with Gasteiger partial charge < -0.3 is 4.98 Å². The van der Waals surface area contributed by atoms with Gasteiger partial charge in [-0.1, -0.05) is 23.8 Å². The first kappa shape index (κ1) is 20.5. The lowest BCUT2D eigenvalue weighted by Crippen LogP contribution is -2.33. The van der Waals surface area contributed by atoms with E-state index < -0.39 is 0 Å². The monoisotopic (exact) mass is 432 g/mol. The summed E-state index contributed by atoms with van der Waals surface area (Å²) < 4.78 is 15.0. The van der Waals surface area contributed by atoms with Crippen LogP contribution in [0.3, 0.4) is 0 Å². The number of aryl methyl sites for hydroxylation is 2. The lowest BCUT2D eigenvalue weighted by atomic mass is 10.0. The Hall–Kier alpha value is -3.39. The Morgan fingerprint density at radius 1 is 1.09 bits per heavy atom. The molecule has 4 aromatic rings. The van der Waals surface area contributed by atoms with Gasteiger partial charge in [0.2, 0.25) is 0 Å². The molecule has 1 aliphatic rings. The summed E-state index contributed by atoms with van der Waals surface area (Å²) in [6, 6.07) is 12.1. The number of hydrogen-bond acceptors (Lipinski definition) is 5. The highest BCUT2D eigenvalue weighted by atomic mass is 19.1. The summed E-state index contributed by atoms with van der Waals surface area (Å²) in [4.78, 5) is 18.6. The van der Waals surface area contributed by atoms with E-state index in [4.69, 9.17) is 0 Å². The van der Waals surface area contributed by atoms with Crippen molar-refractivity contribution >= 4 is 10.9 Å². The van der Waals surface area contributed by atoms with Crippen molar-refractivity contribution in [2.45, 2.75) is 39.3 Å². The first-order valence-electron chi connectivity index (χ1n) is 10.9. The van der Waals surface area contributed by atoms with E-state index in [0.29, 0.717) is 17.9 Å². The fourth-order valence-electron chi connectivity index (χ4n) is 4.69. The zero-order chi connectivity index (χ0) is 22.2. The highest BCUT2D eigenvalue weighted by molar-refractivity contribution is 5.83. The van der Waals surface area contributed by atoms with Gasteiger partial charge in [-0.15, -0.1) is 5.10 Å². The van der Waals surface area contributed by atoms with Crippen LogP contribution in [0.4, 0.5) is 4.39 Å². The summed E-state index contributed by atoms with van der Waals surface area (Å²) in [6.45, 7) is 6.21. The predicted molar refractivity (Wildman–Crippen MR) is 120 cm³/mol. The highest BCUT2D eigenvalue weighted by Gasteiger charge is 2.32. The van der Waals surface area contributed by atoms with E-state index in [2.05, 4.69) is 44.5 Å². The lowest BCUT2D eigenvalue weighted by molar-refractivity contribution is 0.263. The third-order valence-corrected chi connectivity index (χ3v) is 6.17. The Morgan fingerprint density at radius 3 is 2.59 bits per heavy atom. The van der Waals surface area contributed by atoms with Crippen LogP contribution < -0.4 is 5.56 Å². The zero-order valence-electron chi connectivity index (χ0n) is 18.2. The SMILES string of the molecule is Cc1cc(C)c2[nH]c(=O)c([C@H](c3nnnn3Cc3ccc(F)cc3)N3CCCC3)cc2c1. The second-order valence-electron chi connectivity index (χ2n) is 8.57. The normalized spacial score (nSPS) is 15.5. The number of aromatic amines is 1. The highest BCUT2D eigenvalue weighted by Crippen LogP contribution is 2.30. The van der Waals surface area contributed by atoms with Gasteiger partial charge in [0.05, 0.1) is 12.1 Å². The molecule has 0 amide bonds. The van der Waals surface area contributed by atoms with E-state index in [-0.39, 0.29) is 17.4 Å². The molecule has 0 bridgehead atoms. The molecule has 1 N–H and O–H groups in total. The molecular formula is C24H25FN6O. The van der Waals surface area contributed by atoms with Crippen LogP contribution in [0.15, 0.2) is 47.3 Å². The maximum absolute atomic E-state index is 13.3. The molecule has 0 unspecified atom stereocenters. The molecule has 1 atom stereocenters. The van der Waals surface area contributed by atoms with Crippen molar-refractivity contribution in [3.63, 3.8) is 0 Å². The molecular weight excluding hydrogens is 407 g/mol. The summed E-state index contributed by atoms with van der Waals surface area (Å²) in [5, 5.41) is 13.5. The van der Waals surface area contributed by atoms with Gasteiger partial charge in [0.15, 0.2) is 5.82 Å². The van der Waals surface area contributed by atoms with Crippen molar-refractivity contribution in [1.82, 2.24) is 30.1 Å². The average Bonchev–Trinajstić information content (AvgIpc) is 3.44. The number of benzene rings is 2. The minimum atomic E-state index is -0.359. The van der Waals surface area contributed by atoms with Gasteiger partial charge in [0, 0.05) is 5.56 Å². The fraction of sp³-hybridized carbons (Fsp3) is 0.333. The number of H-pyrrole nitrogens is 1. The Morgan fingerprint density at radius 2 is 1.84 bits per heavy atom. The van der Waals surface area contributed by atoms with Crippen LogP contribution in [0.2, 0.25) is 0 Å². The summed E-state index contributed by atoms with van der Waals surface area (Å²) in [5.74, 6) is 0.333. The second kappa shape index (κ2) is 8.27. The van der Waals surface area contributed by atoms with Crippen LogP contribution in [-0.2, 0) is 6.54 Å². The van der Waals surface area contributed by atoms with Gasteiger partial charge >= 0.3 is 0 Å². The van der Waals surface area contributed by atoms with E-state index in [0.717, 1.165) is 53.5 Å². The molecule has 164 valence electrons. The molecule has 7 nitrogen and oxygen atoms in total. The van der Waals surface area contributed by atoms with E-state index in [9.17, 15) is 9.18 Å². The number of likely N-dealkylation sites (tertiary alicyclic amines) is 1. The maximum Gasteiger partial charge on any atom is 0.253 e. The molecule has 0 aliphatic carbocycles. The van der Waals surface area contributed by atoms with Gasteiger partial charge in [-0.2, -0.15) is 0 Å². The van der Waals surface area contributed by atoms with Crippen molar-refractivity contribution in [3.8, 4) is 0 Å². The largest absolute Gasteiger partial charge is 0.321 e. The lowest BCUT2D eigenvalue weighted by Gasteiger charge is -2.26. The number of nitrogens with one attached hydrogen (secondary N) is 1. The van der Waals surface area contributed by atoms with Crippen molar-refractivity contribution in [2.24, 2.45) is 0 Å². The topological polar surface area (TPSA) is 79.7 Å². The number of fused-ring (bicyclic) bond motifs is 1. The van der Waals surface area contributed by atoms with E-state index >= 15 is 0 Å². The third-order valence-electron chi connectivity index (χ3n) is 6.17. The van der Waals surface area contributed by atoms with Gasteiger partial charge in [0.25, 0.3) is 5.56 Å².